The van der Waals surface area contributed by atoms with E-state index in [1.54, 1.807) is 29.2 Å². The van der Waals surface area contributed by atoms with Crippen LogP contribution in [-0.2, 0) is 4.79 Å². The number of thiazole rings is 1. The predicted molar refractivity (Wildman–Crippen MR) is 128 cm³/mol. The average molecular weight is 449 g/mol. The van der Waals surface area contributed by atoms with Crippen LogP contribution in [0.3, 0.4) is 0 Å². The number of allylic oxidation sites excluding steroid dienone is 1. The monoisotopic (exact) mass is 448 g/mol. The Balaban J connectivity index is 1.70. The van der Waals surface area contributed by atoms with E-state index in [9.17, 15) is 9.18 Å². The summed E-state index contributed by atoms with van der Waals surface area (Å²) < 4.78 is 15.1. The van der Waals surface area contributed by atoms with Crippen LogP contribution in [0, 0.1) is 11.2 Å². The summed E-state index contributed by atoms with van der Waals surface area (Å²) in [6.45, 7) is 9.98. The highest BCUT2D eigenvalue weighted by molar-refractivity contribution is 7.13. The standard InChI is InChI=1S/C25H25FN4OS/c1-16(2)13-21(25(3,4)23(31)29-24-27-11-12-32-24)17-5-10-22-18(14-17)15-28-30(22)20-8-6-19(26)7-9-20/h5-12,14-15,21H,1,13H2,2-4H3,(H,27,29,31). The van der Waals surface area contributed by atoms with Gasteiger partial charge in [-0.1, -0.05) is 25.5 Å². The van der Waals surface area contributed by atoms with Crippen LogP contribution in [-0.4, -0.2) is 20.7 Å². The van der Waals surface area contributed by atoms with E-state index in [1.165, 1.54) is 23.5 Å². The van der Waals surface area contributed by atoms with Gasteiger partial charge in [0.2, 0.25) is 5.91 Å². The van der Waals surface area contributed by atoms with Crippen LogP contribution in [0.4, 0.5) is 9.52 Å². The molecule has 1 N–H and O–H groups in total. The number of carbonyl (C=O) groups is 1. The second-order valence-corrected chi connectivity index (χ2v) is 9.47. The van der Waals surface area contributed by atoms with Gasteiger partial charge in [0.25, 0.3) is 0 Å². The lowest BCUT2D eigenvalue weighted by atomic mass is 9.71. The van der Waals surface area contributed by atoms with E-state index in [-0.39, 0.29) is 17.6 Å². The minimum Gasteiger partial charge on any atom is -0.301 e. The summed E-state index contributed by atoms with van der Waals surface area (Å²) in [6, 6.07) is 12.4. The molecule has 1 unspecified atom stereocenters. The minimum absolute atomic E-state index is 0.0826. The Hall–Kier alpha value is -3.32. The van der Waals surface area contributed by atoms with E-state index in [4.69, 9.17) is 0 Å². The van der Waals surface area contributed by atoms with Crippen LogP contribution in [0.2, 0.25) is 0 Å². The highest BCUT2D eigenvalue weighted by atomic mass is 32.1. The van der Waals surface area contributed by atoms with Crippen LogP contribution in [0.25, 0.3) is 16.6 Å². The summed E-state index contributed by atoms with van der Waals surface area (Å²) in [4.78, 5) is 17.4. The number of fused-ring (bicyclic) bond motifs is 1. The fourth-order valence-corrected chi connectivity index (χ4v) is 4.42. The maximum atomic E-state index is 13.3. The zero-order valence-electron chi connectivity index (χ0n) is 18.3. The lowest BCUT2D eigenvalue weighted by molar-refractivity contribution is -0.125. The van der Waals surface area contributed by atoms with Crippen molar-refractivity contribution in [1.29, 1.82) is 0 Å². The Morgan fingerprint density at radius 1 is 1.25 bits per heavy atom. The smallest absolute Gasteiger partial charge is 0.232 e. The van der Waals surface area contributed by atoms with Crippen molar-refractivity contribution < 1.29 is 9.18 Å². The molecule has 32 heavy (non-hydrogen) atoms. The van der Waals surface area contributed by atoms with Gasteiger partial charge < -0.3 is 5.32 Å². The third kappa shape index (κ3) is 4.34. The van der Waals surface area contributed by atoms with E-state index < -0.39 is 5.41 Å². The molecule has 4 rings (SSSR count). The number of rotatable bonds is 7. The van der Waals surface area contributed by atoms with Gasteiger partial charge in [0.1, 0.15) is 5.82 Å². The molecule has 2 aromatic heterocycles. The molecule has 5 nitrogen and oxygen atoms in total. The molecule has 0 aliphatic carbocycles. The third-order valence-corrected chi connectivity index (χ3v) is 6.42. The molecule has 0 fully saturated rings. The fourth-order valence-electron chi connectivity index (χ4n) is 3.90. The van der Waals surface area contributed by atoms with E-state index in [1.807, 2.05) is 38.3 Å². The molecule has 1 amide bonds. The van der Waals surface area contributed by atoms with E-state index in [0.717, 1.165) is 27.7 Å². The maximum Gasteiger partial charge on any atom is 0.232 e. The Morgan fingerprint density at radius 3 is 2.66 bits per heavy atom. The number of nitrogens with zero attached hydrogens (tertiary/aromatic N) is 3. The van der Waals surface area contributed by atoms with Crippen molar-refractivity contribution in [1.82, 2.24) is 14.8 Å². The average Bonchev–Trinajstić information content (AvgIpc) is 3.41. The Morgan fingerprint density at radius 2 is 2.00 bits per heavy atom. The number of nitrogens with one attached hydrogen (secondary N) is 1. The molecule has 0 spiro atoms. The molecule has 0 saturated carbocycles. The first-order valence-electron chi connectivity index (χ1n) is 10.3. The zero-order valence-corrected chi connectivity index (χ0v) is 19.1. The molecule has 2 heterocycles. The normalized spacial score (nSPS) is 12.6. The molecule has 7 heteroatoms. The molecule has 0 aliphatic heterocycles. The van der Waals surface area contributed by atoms with Gasteiger partial charge in [-0.05, 0) is 55.3 Å². The van der Waals surface area contributed by atoms with Gasteiger partial charge in [-0.25, -0.2) is 14.1 Å². The largest absolute Gasteiger partial charge is 0.301 e. The number of halogens is 1. The molecule has 164 valence electrons. The van der Waals surface area contributed by atoms with Crippen molar-refractivity contribution >= 4 is 33.3 Å². The molecular formula is C25H25FN4OS. The first-order valence-corrected chi connectivity index (χ1v) is 11.2. The second-order valence-electron chi connectivity index (χ2n) is 8.58. The Kier molecular flexibility index (Phi) is 5.93. The summed E-state index contributed by atoms with van der Waals surface area (Å²) in [5.74, 6) is -0.451. The highest BCUT2D eigenvalue weighted by Crippen LogP contribution is 2.42. The predicted octanol–water partition coefficient (Wildman–Crippen LogP) is 6.34. The van der Waals surface area contributed by atoms with Crippen molar-refractivity contribution in [3.8, 4) is 5.69 Å². The number of benzene rings is 2. The summed E-state index contributed by atoms with van der Waals surface area (Å²) in [6.07, 6.45) is 4.14. The highest BCUT2D eigenvalue weighted by Gasteiger charge is 2.38. The van der Waals surface area contributed by atoms with Gasteiger partial charge in [0.15, 0.2) is 5.13 Å². The molecule has 2 aromatic carbocycles. The lowest BCUT2D eigenvalue weighted by Gasteiger charge is -2.33. The summed E-state index contributed by atoms with van der Waals surface area (Å²) in [7, 11) is 0. The number of hydrogen-bond acceptors (Lipinski definition) is 4. The van der Waals surface area contributed by atoms with Gasteiger partial charge in [0, 0.05) is 22.9 Å². The number of aromatic nitrogens is 3. The SMILES string of the molecule is C=C(C)CC(c1ccc2c(cnn2-c2ccc(F)cc2)c1)C(C)(C)C(=O)Nc1nccs1. The molecular weight excluding hydrogens is 423 g/mol. The lowest BCUT2D eigenvalue weighted by Crippen LogP contribution is -2.36. The van der Waals surface area contributed by atoms with Crippen molar-refractivity contribution in [2.75, 3.05) is 5.32 Å². The van der Waals surface area contributed by atoms with E-state index >= 15 is 0 Å². The van der Waals surface area contributed by atoms with Gasteiger partial charge in [0.05, 0.1) is 22.8 Å². The summed E-state index contributed by atoms with van der Waals surface area (Å²) in [5, 5.41) is 10.8. The van der Waals surface area contributed by atoms with Crippen molar-refractivity contribution in [3.63, 3.8) is 0 Å². The molecule has 1 atom stereocenters. The number of hydrogen-bond donors (Lipinski definition) is 1. The van der Waals surface area contributed by atoms with Crippen molar-refractivity contribution in [2.45, 2.75) is 33.1 Å². The van der Waals surface area contributed by atoms with Gasteiger partial charge in [-0.3, -0.25) is 4.79 Å². The molecule has 4 aromatic rings. The number of amides is 1. The van der Waals surface area contributed by atoms with Crippen molar-refractivity contribution in [2.24, 2.45) is 5.41 Å². The molecule has 0 saturated heterocycles. The van der Waals surface area contributed by atoms with Crippen LogP contribution < -0.4 is 5.32 Å². The molecule has 0 radical (unpaired) electrons. The summed E-state index contributed by atoms with van der Waals surface area (Å²) >= 11 is 1.40. The molecule has 0 bridgehead atoms. The number of carbonyl (C=O) groups excluding carboxylic acids is 1. The Labute approximate surface area is 190 Å². The summed E-state index contributed by atoms with van der Waals surface area (Å²) in [5.41, 5.74) is 3.05. The van der Waals surface area contributed by atoms with Crippen LogP contribution in [0.1, 0.15) is 38.7 Å². The number of anilines is 1. The van der Waals surface area contributed by atoms with E-state index in [0.29, 0.717) is 11.6 Å². The first-order chi connectivity index (χ1) is 15.3. The fraction of sp³-hybridized carbons (Fsp3) is 0.240. The van der Waals surface area contributed by atoms with Crippen LogP contribution in [0.5, 0.6) is 0 Å². The minimum atomic E-state index is -0.703. The van der Waals surface area contributed by atoms with E-state index in [2.05, 4.69) is 28.0 Å². The zero-order chi connectivity index (χ0) is 22.9. The van der Waals surface area contributed by atoms with Gasteiger partial charge in [-0.15, -0.1) is 17.9 Å². The van der Waals surface area contributed by atoms with Crippen LogP contribution >= 0.6 is 11.3 Å². The van der Waals surface area contributed by atoms with Crippen LogP contribution in [0.15, 0.2) is 72.4 Å². The quantitative estimate of drug-likeness (QED) is 0.336. The van der Waals surface area contributed by atoms with Crippen molar-refractivity contribution in [3.05, 3.63) is 83.8 Å². The Bertz CT molecular complexity index is 1260. The topological polar surface area (TPSA) is 59.8 Å². The van der Waals surface area contributed by atoms with Gasteiger partial charge >= 0.3 is 0 Å². The molecule has 0 aliphatic rings. The first kappa shape index (κ1) is 21.9. The van der Waals surface area contributed by atoms with Gasteiger partial charge in [-0.2, -0.15) is 5.10 Å². The maximum absolute atomic E-state index is 13.3. The second kappa shape index (κ2) is 8.67. The third-order valence-electron chi connectivity index (χ3n) is 5.73.